The Hall–Kier alpha value is -1.06. The fourth-order valence-corrected chi connectivity index (χ4v) is 4.10. The van der Waals surface area contributed by atoms with Gasteiger partial charge in [-0.15, -0.1) is 0 Å². The monoisotopic (exact) mass is 272 g/mol. The van der Waals surface area contributed by atoms with Gasteiger partial charge in [0.25, 0.3) is 0 Å². The molecular formula is C17H24N2O. The normalized spacial score (nSPS) is 27.6. The van der Waals surface area contributed by atoms with Gasteiger partial charge >= 0.3 is 0 Å². The van der Waals surface area contributed by atoms with Crippen LogP contribution in [0.5, 0.6) is 5.75 Å². The average Bonchev–Trinajstić information content (AvgIpc) is 3.26. The first kappa shape index (κ1) is 12.7. The van der Waals surface area contributed by atoms with Crippen LogP contribution in [0.25, 0.3) is 0 Å². The summed E-state index contributed by atoms with van der Waals surface area (Å²) in [4.78, 5) is 0. The maximum absolute atomic E-state index is 5.47. The van der Waals surface area contributed by atoms with E-state index in [2.05, 4.69) is 28.8 Å². The first-order valence-electron chi connectivity index (χ1n) is 7.96. The third-order valence-corrected chi connectivity index (χ3v) is 5.38. The molecule has 20 heavy (non-hydrogen) atoms. The first-order chi connectivity index (χ1) is 9.81. The summed E-state index contributed by atoms with van der Waals surface area (Å²) in [6.07, 6.45) is 6.51. The summed E-state index contributed by atoms with van der Waals surface area (Å²) in [5, 5.41) is 7.37. The Morgan fingerprint density at radius 2 is 2.05 bits per heavy atom. The summed E-state index contributed by atoms with van der Waals surface area (Å²) in [5.41, 5.74) is 3.46. The van der Waals surface area contributed by atoms with Crippen LogP contribution in [0.4, 0.5) is 0 Å². The zero-order chi connectivity index (χ0) is 13.6. The van der Waals surface area contributed by atoms with Crippen LogP contribution in [0.3, 0.4) is 0 Å². The molecule has 1 heterocycles. The van der Waals surface area contributed by atoms with Crippen molar-refractivity contribution in [1.29, 1.82) is 0 Å². The van der Waals surface area contributed by atoms with Gasteiger partial charge in [-0.3, -0.25) is 0 Å². The summed E-state index contributed by atoms with van der Waals surface area (Å²) < 4.78 is 5.47. The molecule has 3 nitrogen and oxygen atoms in total. The molecule has 2 N–H and O–H groups in total. The van der Waals surface area contributed by atoms with Gasteiger partial charge in [-0.05, 0) is 73.9 Å². The average molecular weight is 272 g/mol. The molecule has 1 saturated heterocycles. The number of nitrogens with one attached hydrogen (secondary N) is 2. The lowest BCUT2D eigenvalue weighted by atomic mass is 9.74. The Bertz CT molecular complexity index is 504. The smallest absolute Gasteiger partial charge is 0.119 e. The fraction of sp³-hybridized carbons (Fsp3) is 0.647. The number of fused-ring (bicyclic) bond motifs is 2. The molecule has 108 valence electrons. The number of rotatable bonds is 3. The quantitative estimate of drug-likeness (QED) is 0.887. The van der Waals surface area contributed by atoms with E-state index in [-0.39, 0.29) is 0 Å². The van der Waals surface area contributed by atoms with Crippen molar-refractivity contribution in [3.63, 3.8) is 0 Å². The molecule has 1 atom stereocenters. The van der Waals surface area contributed by atoms with Gasteiger partial charge in [-0.2, -0.15) is 0 Å². The topological polar surface area (TPSA) is 33.3 Å². The minimum Gasteiger partial charge on any atom is -0.497 e. The Morgan fingerprint density at radius 1 is 1.25 bits per heavy atom. The predicted molar refractivity (Wildman–Crippen MR) is 80.3 cm³/mol. The highest BCUT2D eigenvalue weighted by Crippen LogP contribution is 2.51. The van der Waals surface area contributed by atoms with Crippen LogP contribution in [0, 0.1) is 0 Å². The number of hydrogen-bond donors (Lipinski definition) is 2. The number of methoxy groups -OCH3 is 1. The Kier molecular flexibility index (Phi) is 3.00. The van der Waals surface area contributed by atoms with Gasteiger partial charge in [0.1, 0.15) is 5.75 Å². The minimum atomic E-state index is 0.377. The van der Waals surface area contributed by atoms with Crippen LogP contribution in [-0.4, -0.2) is 26.2 Å². The fourth-order valence-electron chi connectivity index (χ4n) is 4.10. The van der Waals surface area contributed by atoms with Crippen LogP contribution in [0.2, 0.25) is 0 Å². The molecule has 1 aliphatic heterocycles. The molecule has 0 aromatic heterocycles. The van der Waals surface area contributed by atoms with Gasteiger partial charge in [0, 0.05) is 12.1 Å². The van der Waals surface area contributed by atoms with Gasteiger partial charge in [0.05, 0.1) is 7.11 Å². The van der Waals surface area contributed by atoms with E-state index in [9.17, 15) is 0 Å². The van der Waals surface area contributed by atoms with Crippen LogP contribution in [0.1, 0.15) is 49.3 Å². The lowest BCUT2D eigenvalue weighted by molar-refractivity contribution is 0.281. The molecule has 3 aliphatic rings. The molecule has 0 unspecified atom stereocenters. The molecule has 0 bridgehead atoms. The zero-order valence-electron chi connectivity index (χ0n) is 12.2. The number of piperidine rings is 1. The van der Waals surface area contributed by atoms with E-state index in [0.29, 0.717) is 11.5 Å². The second-order valence-corrected chi connectivity index (χ2v) is 6.68. The van der Waals surface area contributed by atoms with Gasteiger partial charge in [0.15, 0.2) is 0 Å². The van der Waals surface area contributed by atoms with Gasteiger partial charge in [0.2, 0.25) is 0 Å². The predicted octanol–water partition coefficient (Wildman–Crippen LogP) is 2.51. The van der Waals surface area contributed by atoms with Crippen LogP contribution in [0.15, 0.2) is 18.2 Å². The summed E-state index contributed by atoms with van der Waals surface area (Å²) in [5.74, 6) is 1.01. The molecule has 1 aromatic rings. The van der Waals surface area contributed by atoms with Gasteiger partial charge in [-0.25, -0.2) is 0 Å². The van der Waals surface area contributed by atoms with E-state index in [4.69, 9.17) is 4.74 Å². The summed E-state index contributed by atoms with van der Waals surface area (Å²) >= 11 is 0. The highest BCUT2D eigenvalue weighted by molar-refractivity contribution is 5.47. The summed E-state index contributed by atoms with van der Waals surface area (Å²) in [6, 6.07) is 8.05. The molecule has 1 saturated carbocycles. The van der Waals surface area contributed by atoms with E-state index in [0.717, 1.165) is 24.9 Å². The molecule has 1 spiro atoms. The van der Waals surface area contributed by atoms with Crippen molar-refractivity contribution in [3.8, 4) is 5.75 Å². The highest BCUT2D eigenvalue weighted by Gasteiger charge is 2.45. The highest BCUT2D eigenvalue weighted by atomic mass is 16.5. The Morgan fingerprint density at radius 3 is 2.75 bits per heavy atom. The first-order valence-corrected chi connectivity index (χ1v) is 7.96. The lowest BCUT2D eigenvalue weighted by Crippen LogP contribution is -2.39. The van der Waals surface area contributed by atoms with Crippen molar-refractivity contribution in [2.24, 2.45) is 0 Å². The van der Waals surface area contributed by atoms with E-state index >= 15 is 0 Å². The van der Waals surface area contributed by atoms with Crippen molar-refractivity contribution < 1.29 is 4.74 Å². The Balaban J connectivity index is 1.72. The zero-order valence-corrected chi connectivity index (χ0v) is 12.2. The van der Waals surface area contributed by atoms with E-state index in [1.165, 1.54) is 37.7 Å². The van der Waals surface area contributed by atoms with Crippen molar-refractivity contribution >= 4 is 0 Å². The van der Waals surface area contributed by atoms with E-state index < -0.39 is 0 Å². The maximum atomic E-state index is 5.47. The number of ether oxygens (including phenoxy) is 1. The lowest BCUT2D eigenvalue weighted by Gasteiger charge is -2.35. The second kappa shape index (κ2) is 4.74. The minimum absolute atomic E-state index is 0.377. The standard InChI is InChI=1S/C17H24N2O/c1-20-13-4-5-14-15(10-13)17(6-8-18-9-7-17)11-16(14)19-12-2-3-12/h4-5,10,12,16,18-19H,2-3,6-9,11H2,1H3/t16-/m1/s1. The van der Waals surface area contributed by atoms with E-state index in [1.807, 2.05) is 0 Å². The third-order valence-electron chi connectivity index (χ3n) is 5.38. The number of hydrogen-bond acceptors (Lipinski definition) is 3. The molecule has 3 heteroatoms. The molecule has 1 aromatic carbocycles. The SMILES string of the molecule is COc1ccc2c(c1)C1(CCNCC1)C[C@H]2NC1CC1. The van der Waals surface area contributed by atoms with Crippen LogP contribution < -0.4 is 15.4 Å². The van der Waals surface area contributed by atoms with Crippen molar-refractivity contribution in [2.45, 2.75) is 49.6 Å². The maximum Gasteiger partial charge on any atom is 0.119 e. The van der Waals surface area contributed by atoms with E-state index in [1.54, 1.807) is 12.7 Å². The van der Waals surface area contributed by atoms with Crippen molar-refractivity contribution in [2.75, 3.05) is 20.2 Å². The molecular weight excluding hydrogens is 248 g/mol. The summed E-state index contributed by atoms with van der Waals surface area (Å²) in [7, 11) is 1.77. The van der Waals surface area contributed by atoms with Crippen LogP contribution >= 0.6 is 0 Å². The molecule has 0 amide bonds. The van der Waals surface area contributed by atoms with Gasteiger partial charge < -0.3 is 15.4 Å². The largest absolute Gasteiger partial charge is 0.497 e. The number of benzene rings is 1. The van der Waals surface area contributed by atoms with Crippen LogP contribution in [-0.2, 0) is 5.41 Å². The van der Waals surface area contributed by atoms with Crippen molar-refractivity contribution in [3.05, 3.63) is 29.3 Å². The third kappa shape index (κ3) is 2.04. The summed E-state index contributed by atoms with van der Waals surface area (Å²) in [6.45, 7) is 2.29. The Labute approximate surface area is 121 Å². The molecule has 4 rings (SSSR count). The molecule has 2 aliphatic carbocycles. The van der Waals surface area contributed by atoms with Gasteiger partial charge in [-0.1, -0.05) is 6.07 Å². The second-order valence-electron chi connectivity index (χ2n) is 6.68. The van der Waals surface area contributed by atoms with Crippen molar-refractivity contribution in [1.82, 2.24) is 10.6 Å². The molecule has 0 radical (unpaired) electrons. The molecule has 2 fully saturated rings.